The highest BCUT2D eigenvalue weighted by molar-refractivity contribution is 5.87. The Morgan fingerprint density at radius 1 is 1.52 bits per heavy atom. The van der Waals surface area contributed by atoms with Crippen molar-refractivity contribution in [1.82, 2.24) is 0 Å². The van der Waals surface area contributed by atoms with Crippen LogP contribution in [0.1, 0.15) is 40.0 Å². The highest BCUT2D eigenvalue weighted by atomic mass is 16.7. The smallest absolute Gasteiger partial charge is 0.234 e. The number of carbonyl (C=O) groups is 1. The van der Waals surface area contributed by atoms with E-state index in [9.17, 15) is 9.90 Å². The van der Waals surface area contributed by atoms with Crippen LogP contribution in [0, 0.1) is 5.92 Å². The minimum Gasteiger partial charge on any atom is -0.369 e. The monoisotopic (exact) mass is 296 g/mol. The van der Waals surface area contributed by atoms with Crippen LogP contribution in [0.3, 0.4) is 0 Å². The van der Waals surface area contributed by atoms with Gasteiger partial charge in [-0.15, -0.1) is 0 Å². The molecule has 3 aliphatic rings. The van der Waals surface area contributed by atoms with Gasteiger partial charge in [0.25, 0.3) is 0 Å². The number of Topliss-reactive ketones (excluding diaryl/α,β-unsaturated/α-hetero) is 1. The molecule has 0 bridgehead atoms. The SMILES string of the molecule is CO[C@]1(O)C(=O)CC[C@]2(CO2)[C@H]1[C@@]1(C)O[C@@H]1CC=C(C)C. The number of allylic oxidation sites excluding steroid dienone is 1. The van der Waals surface area contributed by atoms with Crippen LogP contribution in [0.2, 0.25) is 0 Å². The molecule has 1 N–H and O–H groups in total. The number of rotatable bonds is 4. The number of methoxy groups -OCH3 is 1. The molecule has 0 aromatic rings. The molecule has 118 valence electrons. The third kappa shape index (κ3) is 2.18. The number of ether oxygens (including phenoxy) is 3. The molecule has 21 heavy (non-hydrogen) atoms. The van der Waals surface area contributed by atoms with Gasteiger partial charge in [-0.05, 0) is 33.6 Å². The van der Waals surface area contributed by atoms with Gasteiger partial charge in [0.2, 0.25) is 5.79 Å². The largest absolute Gasteiger partial charge is 0.369 e. The summed E-state index contributed by atoms with van der Waals surface area (Å²) in [4.78, 5) is 12.2. The van der Waals surface area contributed by atoms with Crippen LogP contribution in [0.4, 0.5) is 0 Å². The summed E-state index contributed by atoms with van der Waals surface area (Å²) < 4.78 is 16.8. The Bertz CT molecular complexity index is 491. The summed E-state index contributed by atoms with van der Waals surface area (Å²) in [6, 6.07) is 0. The average molecular weight is 296 g/mol. The summed E-state index contributed by atoms with van der Waals surface area (Å²) in [7, 11) is 1.38. The number of carbonyl (C=O) groups excluding carboxylic acids is 1. The van der Waals surface area contributed by atoms with Crippen molar-refractivity contribution in [2.24, 2.45) is 5.92 Å². The van der Waals surface area contributed by atoms with Gasteiger partial charge in [-0.25, -0.2) is 0 Å². The fourth-order valence-electron chi connectivity index (χ4n) is 3.86. The summed E-state index contributed by atoms with van der Waals surface area (Å²) >= 11 is 0. The van der Waals surface area contributed by atoms with Crippen molar-refractivity contribution in [2.75, 3.05) is 13.7 Å². The molecule has 5 atom stereocenters. The van der Waals surface area contributed by atoms with Crippen molar-refractivity contribution in [3.05, 3.63) is 11.6 Å². The molecular weight excluding hydrogens is 272 g/mol. The molecule has 1 aliphatic carbocycles. The molecular formula is C16H24O5. The van der Waals surface area contributed by atoms with Crippen LogP contribution in [0.25, 0.3) is 0 Å². The normalized spacial score (nSPS) is 48.3. The first kappa shape index (κ1) is 15.2. The molecule has 5 nitrogen and oxygen atoms in total. The molecule has 1 spiro atoms. The molecule has 0 aromatic heterocycles. The van der Waals surface area contributed by atoms with Gasteiger partial charge in [-0.2, -0.15) is 0 Å². The second-order valence-electron chi connectivity index (χ2n) is 6.92. The third-order valence-electron chi connectivity index (χ3n) is 5.21. The van der Waals surface area contributed by atoms with Crippen molar-refractivity contribution in [3.8, 4) is 0 Å². The van der Waals surface area contributed by atoms with Crippen molar-refractivity contribution in [3.63, 3.8) is 0 Å². The highest BCUT2D eigenvalue weighted by Gasteiger charge is 2.76. The molecule has 0 unspecified atom stereocenters. The molecule has 2 heterocycles. The van der Waals surface area contributed by atoms with E-state index in [1.54, 1.807) is 0 Å². The lowest BCUT2D eigenvalue weighted by atomic mass is 9.67. The van der Waals surface area contributed by atoms with Crippen molar-refractivity contribution >= 4 is 5.78 Å². The number of ketones is 1. The molecule has 0 radical (unpaired) electrons. The summed E-state index contributed by atoms with van der Waals surface area (Å²) in [5.74, 6) is -2.54. The van der Waals surface area contributed by atoms with Gasteiger partial charge in [0, 0.05) is 13.5 Å². The second kappa shape index (κ2) is 4.62. The summed E-state index contributed by atoms with van der Waals surface area (Å²) in [5, 5.41) is 10.8. The molecule has 1 saturated carbocycles. The Kier molecular flexibility index (Phi) is 3.34. The van der Waals surface area contributed by atoms with E-state index in [4.69, 9.17) is 14.2 Å². The zero-order chi connectivity index (χ0) is 15.5. The quantitative estimate of drug-likeness (QED) is 0.484. The average Bonchev–Trinajstić information content (AvgIpc) is 3.32. The Morgan fingerprint density at radius 2 is 2.19 bits per heavy atom. The van der Waals surface area contributed by atoms with Crippen molar-refractivity contribution < 1.29 is 24.1 Å². The maximum absolute atomic E-state index is 12.2. The maximum Gasteiger partial charge on any atom is 0.234 e. The van der Waals surface area contributed by atoms with Gasteiger partial charge in [-0.1, -0.05) is 11.6 Å². The molecule has 2 saturated heterocycles. The van der Waals surface area contributed by atoms with Gasteiger partial charge >= 0.3 is 0 Å². The Morgan fingerprint density at radius 3 is 2.71 bits per heavy atom. The molecule has 3 fully saturated rings. The van der Waals surface area contributed by atoms with E-state index in [0.717, 1.165) is 6.42 Å². The Balaban J connectivity index is 1.88. The summed E-state index contributed by atoms with van der Waals surface area (Å²) in [6.07, 6.45) is 3.81. The predicted molar refractivity (Wildman–Crippen MR) is 75.7 cm³/mol. The molecule has 3 rings (SSSR count). The van der Waals surface area contributed by atoms with Gasteiger partial charge in [0.15, 0.2) is 5.78 Å². The zero-order valence-corrected chi connectivity index (χ0v) is 13.1. The molecule has 5 heteroatoms. The number of epoxide rings is 2. The summed E-state index contributed by atoms with van der Waals surface area (Å²) in [6.45, 7) is 6.60. The zero-order valence-electron chi connectivity index (χ0n) is 13.1. The van der Waals surface area contributed by atoms with Crippen LogP contribution in [0.5, 0.6) is 0 Å². The minimum absolute atomic E-state index is 0.00829. The third-order valence-corrected chi connectivity index (χ3v) is 5.21. The molecule has 2 aliphatic heterocycles. The van der Waals surface area contributed by atoms with Crippen LogP contribution in [-0.2, 0) is 19.0 Å². The predicted octanol–water partition coefficient (Wildman–Crippen LogP) is 1.58. The standard InChI is InChI=1S/C16H24O5/c1-10(2)5-6-12-14(3,21-12)13-15(9-20-15)8-7-11(17)16(13,18)19-4/h5,12-13,18H,6-9H2,1-4H3/t12-,13-,14+,15+,16-/m1/s1. The van der Waals surface area contributed by atoms with Gasteiger partial charge in [0.1, 0.15) is 11.2 Å². The fraction of sp³-hybridized carbons (Fsp3) is 0.812. The number of hydrogen-bond acceptors (Lipinski definition) is 5. The first-order valence-corrected chi connectivity index (χ1v) is 7.54. The van der Waals surface area contributed by atoms with E-state index >= 15 is 0 Å². The second-order valence-corrected chi connectivity index (χ2v) is 6.92. The fourth-order valence-corrected chi connectivity index (χ4v) is 3.86. The van der Waals surface area contributed by atoms with Crippen molar-refractivity contribution in [1.29, 1.82) is 0 Å². The van der Waals surface area contributed by atoms with E-state index < -0.39 is 22.9 Å². The highest BCUT2D eigenvalue weighted by Crippen LogP contribution is 2.61. The van der Waals surface area contributed by atoms with E-state index in [1.807, 2.05) is 20.8 Å². The lowest BCUT2D eigenvalue weighted by Gasteiger charge is -2.43. The molecule has 0 aromatic carbocycles. The first-order valence-electron chi connectivity index (χ1n) is 7.54. The van der Waals surface area contributed by atoms with E-state index in [0.29, 0.717) is 13.0 Å². The number of aliphatic hydroxyl groups is 1. The Labute approximate surface area is 125 Å². The topological polar surface area (TPSA) is 71.6 Å². The maximum atomic E-state index is 12.2. The number of hydrogen-bond donors (Lipinski definition) is 1. The lowest BCUT2D eigenvalue weighted by molar-refractivity contribution is -0.245. The molecule has 0 amide bonds. The van der Waals surface area contributed by atoms with Crippen molar-refractivity contribution in [2.45, 2.75) is 63.1 Å². The van der Waals surface area contributed by atoms with E-state index in [-0.39, 0.29) is 18.3 Å². The van der Waals surface area contributed by atoms with Crippen LogP contribution < -0.4 is 0 Å². The van der Waals surface area contributed by atoms with E-state index in [1.165, 1.54) is 12.7 Å². The van der Waals surface area contributed by atoms with Gasteiger partial charge in [-0.3, -0.25) is 4.79 Å². The summed E-state index contributed by atoms with van der Waals surface area (Å²) in [5.41, 5.74) is 0.183. The van der Waals surface area contributed by atoms with Crippen LogP contribution >= 0.6 is 0 Å². The van der Waals surface area contributed by atoms with Crippen LogP contribution in [0.15, 0.2) is 11.6 Å². The van der Waals surface area contributed by atoms with Gasteiger partial charge in [0.05, 0.1) is 18.6 Å². The van der Waals surface area contributed by atoms with Crippen LogP contribution in [-0.4, -0.2) is 47.7 Å². The Hall–Kier alpha value is -0.750. The van der Waals surface area contributed by atoms with Gasteiger partial charge < -0.3 is 19.3 Å². The van der Waals surface area contributed by atoms with E-state index in [2.05, 4.69) is 6.08 Å². The first-order chi connectivity index (χ1) is 9.78. The minimum atomic E-state index is -1.80. The lowest BCUT2D eigenvalue weighted by Crippen LogP contribution is -2.62.